The third kappa shape index (κ3) is 4.59. The quantitative estimate of drug-likeness (QED) is 0.591. The monoisotopic (exact) mass is 396 g/mol. The SMILES string of the molecule is CC(C)c1ccc(Oc2coc3cc(OCC(C)(C)C(=O)O)ccc3c2=O)cc1. The molecule has 0 radical (unpaired) electrons. The van der Waals surface area contributed by atoms with Crippen molar-refractivity contribution >= 4 is 16.9 Å². The summed E-state index contributed by atoms with van der Waals surface area (Å²) >= 11 is 0. The van der Waals surface area contributed by atoms with E-state index in [9.17, 15) is 9.59 Å². The molecule has 0 atom stereocenters. The Hall–Kier alpha value is -3.28. The van der Waals surface area contributed by atoms with Crippen molar-refractivity contribution in [3.8, 4) is 17.2 Å². The normalized spacial score (nSPS) is 11.6. The molecule has 152 valence electrons. The fourth-order valence-corrected chi connectivity index (χ4v) is 2.62. The van der Waals surface area contributed by atoms with E-state index in [-0.39, 0.29) is 17.8 Å². The minimum atomic E-state index is -1.03. The summed E-state index contributed by atoms with van der Waals surface area (Å²) in [5, 5.41) is 9.52. The van der Waals surface area contributed by atoms with Gasteiger partial charge in [0.1, 0.15) is 30.0 Å². The standard InChI is InChI=1S/C23H24O6/c1-14(2)15-5-7-16(8-6-15)29-20-12-27-19-11-17(9-10-18(19)21(20)24)28-13-23(3,4)22(25)26/h5-12,14H,13H2,1-4H3,(H,25,26). The summed E-state index contributed by atoms with van der Waals surface area (Å²) in [5.74, 6) is 0.528. The summed E-state index contributed by atoms with van der Waals surface area (Å²) in [6.07, 6.45) is 1.27. The van der Waals surface area contributed by atoms with Crippen LogP contribution in [0.3, 0.4) is 0 Å². The summed E-state index contributed by atoms with van der Waals surface area (Å²) < 4.78 is 16.8. The van der Waals surface area contributed by atoms with Gasteiger partial charge in [-0.25, -0.2) is 0 Å². The van der Waals surface area contributed by atoms with Gasteiger partial charge in [-0.2, -0.15) is 0 Å². The van der Waals surface area contributed by atoms with E-state index in [2.05, 4.69) is 13.8 Å². The maximum atomic E-state index is 12.7. The van der Waals surface area contributed by atoms with Gasteiger partial charge >= 0.3 is 5.97 Å². The Balaban J connectivity index is 1.81. The molecule has 0 amide bonds. The fourth-order valence-electron chi connectivity index (χ4n) is 2.62. The molecule has 0 saturated heterocycles. The Morgan fingerprint density at radius 1 is 1.10 bits per heavy atom. The molecule has 3 rings (SSSR count). The van der Waals surface area contributed by atoms with E-state index in [1.54, 1.807) is 32.0 Å². The lowest BCUT2D eigenvalue weighted by atomic mass is 9.95. The lowest BCUT2D eigenvalue weighted by molar-refractivity contribution is -0.148. The van der Waals surface area contributed by atoms with Gasteiger partial charge in [0.25, 0.3) is 0 Å². The van der Waals surface area contributed by atoms with Crippen molar-refractivity contribution < 1.29 is 23.8 Å². The van der Waals surface area contributed by atoms with E-state index in [4.69, 9.17) is 19.0 Å². The molecule has 1 aromatic heterocycles. The molecule has 29 heavy (non-hydrogen) atoms. The number of hydrogen-bond donors (Lipinski definition) is 1. The van der Waals surface area contributed by atoms with Gasteiger partial charge in [0, 0.05) is 6.07 Å². The molecule has 1 N–H and O–H groups in total. The second kappa shape index (κ2) is 7.99. The topological polar surface area (TPSA) is 86.0 Å². The van der Waals surface area contributed by atoms with Gasteiger partial charge in [0.05, 0.1) is 10.8 Å². The van der Waals surface area contributed by atoms with Crippen LogP contribution in [0.1, 0.15) is 39.2 Å². The maximum Gasteiger partial charge on any atom is 0.312 e. The number of carboxylic acid groups (broad SMARTS) is 1. The highest BCUT2D eigenvalue weighted by molar-refractivity contribution is 5.79. The lowest BCUT2D eigenvalue weighted by Gasteiger charge is -2.19. The molecular formula is C23H24O6. The maximum absolute atomic E-state index is 12.7. The first kappa shape index (κ1) is 20.5. The molecule has 6 nitrogen and oxygen atoms in total. The fraction of sp³-hybridized carbons (Fsp3) is 0.304. The molecule has 0 fully saturated rings. The summed E-state index contributed by atoms with van der Waals surface area (Å²) in [6.45, 7) is 7.36. The highest BCUT2D eigenvalue weighted by Gasteiger charge is 2.28. The molecule has 0 aliphatic rings. The van der Waals surface area contributed by atoms with E-state index >= 15 is 0 Å². The van der Waals surface area contributed by atoms with Crippen molar-refractivity contribution in [3.63, 3.8) is 0 Å². The lowest BCUT2D eigenvalue weighted by Crippen LogP contribution is -2.30. The molecule has 0 saturated carbocycles. The average Bonchev–Trinajstić information content (AvgIpc) is 2.69. The number of ether oxygens (including phenoxy) is 2. The number of rotatable bonds is 7. The van der Waals surface area contributed by atoms with Gasteiger partial charge in [0.15, 0.2) is 0 Å². The van der Waals surface area contributed by atoms with E-state index in [0.717, 1.165) is 0 Å². The van der Waals surface area contributed by atoms with Crippen LogP contribution in [0, 0.1) is 5.41 Å². The van der Waals surface area contributed by atoms with Crippen molar-refractivity contribution in [1.29, 1.82) is 0 Å². The van der Waals surface area contributed by atoms with Gasteiger partial charge in [-0.1, -0.05) is 26.0 Å². The first-order chi connectivity index (χ1) is 13.7. The Morgan fingerprint density at radius 2 is 1.76 bits per heavy atom. The van der Waals surface area contributed by atoms with Crippen LogP contribution in [0.5, 0.6) is 17.2 Å². The van der Waals surface area contributed by atoms with Gasteiger partial charge in [-0.3, -0.25) is 9.59 Å². The number of hydrogen-bond acceptors (Lipinski definition) is 5. The van der Waals surface area contributed by atoms with Crippen molar-refractivity contribution in [1.82, 2.24) is 0 Å². The summed E-state index contributed by atoms with van der Waals surface area (Å²) in [5.41, 5.74) is 0.194. The predicted molar refractivity (Wildman–Crippen MR) is 110 cm³/mol. The number of aliphatic carboxylic acids is 1. The third-order valence-corrected chi connectivity index (χ3v) is 4.67. The molecule has 6 heteroatoms. The van der Waals surface area contributed by atoms with Crippen molar-refractivity contribution in [2.45, 2.75) is 33.6 Å². The highest BCUT2D eigenvalue weighted by atomic mass is 16.5. The zero-order valence-electron chi connectivity index (χ0n) is 16.9. The van der Waals surface area contributed by atoms with Crippen LogP contribution in [-0.4, -0.2) is 17.7 Å². The Bertz CT molecular complexity index is 1080. The van der Waals surface area contributed by atoms with Gasteiger partial charge in [-0.15, -0.1) is 0 Å². The molecule has 0 unspecified atom stereocenters. The van der Waals surface area contributed by atoms with Crippen LogP contribution in [0.4, 0.5) is 0 Å². The van der Waals surface area contributed by atoms with Crippen LogP contribution in [0.25, 0.3) is 11.0 Å². The molecular weight excluding hydrogens is 372 g/mol. The second-order valence-electron chi connectivity index (χ2n) is 7.89. The molecule has 0 spiro atoms. The molecule has 1 heterocycles. The highest BCUT2D eigenvalue weighted by Crippen LogP contribution is 2.26. The first-order valence-electron chi connectivity index (χ1n) is 9.37. The molecule has 3 aromatic rings. The van der Waals surface area contributed by atoms with E-state index in [0.29, 0.717) is 28.4 Å². The smallest absolute Gasteiger partial charge is 0.312 e. The van der Waals surface area contributed by atoms with Crippen molar-refractivity contribution in [2.75, 3.05) is 6.61 Å². The van der Waals surface area contributed by atoms with E-state index in [1.807, 2.05) is 24.3 Å². The van der Waals surface area contributed by atoms with Gasteiger partial charge in [-0.05, 0) is 49.6 Å². The largest absolute Gasteiger partial charge is 0.492 e. The summed E-state index contributed by atoms with van der Waals surface area (Å²) in [7, 11) is 0. The van der Waals surface area contributed by atoms with Crippen LogP contribution in [0.2, 0.25) is 0 Å². The number of fused-ring (bicyclic) bond motifs is 1. The second-order valence-corrected chi connectivity index (χ2v) is 7.89. The zero-order chi connectivity index (χ0) is 21.2. The summed E-state index contributed by atoms with van der Waals surface area (Å²) in [6, 6.07) is 12.3. The number of carboxylic acids is 1. The molecule has 2 aromatic carbocycles. The molecule has 0 aliphatic heterocycles. The Kier molecular flexibility index (Phi) is 5.64. The first-order valence-corrected chi connectivity index (χ1v) is 9.37. The molecule has 0 bridgehead atoms. The van der Waals surface area contributed by atoms with Crippen LogP contribution >= 0.6 is 0 Å². The Morgan fingerprint density at radius 3 is 2.38 bits per heavy atom. The van der Waals surface area contributed by atoms with Crippen LogP contribution in [0.15, 0.2) is 57.9 Å². The minimum absolute atomic E-state index is 0.00829. The van der Waals surface area contributed by atoms with Crippen molar-refractivity contribution in [2.24, 2.45) is 5.41 Å². The van der Waals surface area contributed by atoms with Crippen LogP contribution < -0.4 is 14.9 Å². The zero-order valence-corrected chi connectivity index (χ0v) is 16.9. The van der Waals surface area contributed by atoms with Gasteiger partial charge in [0.2, 0.25) is 11.2 Å². The average molecular weight is 396 g/mol. The number of benzene rings is 2. The van der Waals surface area contributed by atoms with E-state index < -0.39 is 11.4 Å². The van der Waals surface area contributed by atoms with E-state index in [1.165, 1.54) is 11.8 Å². The number of carbonyl (C=O) groups is 1. The molecule has 0 aliphatic carbocycles. The predicted octanol–water partition coefficient (Wildman–Crippen LogP) is 5.20. The summed E-state index contributed by atoms with van der Waals surface area (Å²) in [4.78, 5) is 23.9. The van der Waals surface area contributed by atoms with Gasteiger partial charge < -0.3 is 19.0 Å². The minimum Gasteiger partial charge on any atom is -0.492 e. The Labute approximate surface area is 168 Å². The third-order valence-electron chi connectivity index (χ3n) is 4.67. The van der Waals surface area contributed by atoms with Crippen LogP contribution in [-0.2, 0) is 4.79 Å². The van der Waals surface area contributed by atoms with Crippen molar-refractivity contribution in [3.05, 3.63) is 64.5 Å².